The molecule has 0 heterocycles. The van der Waals surface area contributed by atoms with Crippen molar-refractivity contribution >= 4 is 44.4 Å². The summed E-state index contributed by atoms with van der Waals surface area (Å²) in [5.74, 6) is -0.0907. The maximum absolute atomic E-state index is 11.8. The molecule has 0 radical (unpaired) electrons. The van der Waals surface area contributed by atoms with Crippen molar-refractivity contribution in [2.24, 2.45) is 5.73 Å². The van der Waals surface area contributed by atoms with E-state index in [-0.39, 0.29) is 5.91 Å². The first-order valence-corrected chi connectivity index (χ1v) is 6.60. The van der Waals surface area contributed by atoms with Crippen molar-refractivity contribution in [1.82, 2.24) is 5.32 Å². The lowest BCUT2D eigenvalue weighted by Crippen LogP contribution is -2.23. The van der Waals surface area contributed by atoms with Gasteiger partial charge in [-0.25, -0.2) is 0 Å². The Morgan fingerprint density at radius 1 is 1.50 bits per heavy atom. The molecular formula is C11H12BrIN2O. The van der Waals surface area contributed by atoms with E-state index in [2.05, 4.69) is 43.8 Å². The number of halogens is 2. The Labute approximate surface area is 117 Å². The molecule has 0 aliphatic carbocycles. The summed E-state index contributed by atoms with van der Waals surface area (Å²) in [6.07, 6.45) is 3.64. The van der Waals surface area contributed by atoms with Crippen LogP contribution in [0.1, 0.15) is 10.4 Å². The van der Waals surface area contributed by atoms with Gasteiger partial charge in [0.15, 0.2) is 0 Å². The highest BCUT2D eigenvalue weighted by atomic mass is 127. The molecule has 5 heteroatoms. The lowest BCUT2D eigenvalue weighted by Gasteiger charge is -2.05. The van der Waals surface area contributed by atoms with E-state index in [1.807, 2.05) is 30.4 Å². The highest BCUT2D eigenvalue weighted by Gasteiger charge is 2.08. The van der Waals surface area contributed by atoms with Crippen molar-refractivity contribution in [3.8, 4) is 0 Å². The third-order valence-corrected chi connectivity index (χ3v) is 3.22. The Morgan fingerprint density at radius 3 is 2.94 bits per heavy atom. The molecular weight excluding hydrogens is 383 g/mol. The van der Waals surface area contributed by atoms with Gasteiger partial charge < -0.3 is 11.1 Å². The molecule has 1 aromatic rings. The van der Waals surface area contributed by atoms with E-state index in [0.29, 0.717) is 18.7 Å². The largest absolute Gasteiger partial charge is 0.349 e. The summed E-state index contributed by atoms with van der Waals surface area (Å²) < 4.78 is 1.83. The van der Waals surface area contributed by atoms with Crippen LogP contribution in [0.5, 0.6) is 0 Å². The summed E-state index contributed by atoms with van der Waals surface area (Å²) in [6, 6.07) is 5.65. The van der Waals surface area contributed by atoms with Gasteiger partial charge in [0, 0.05) is 21.1 Å². The summed E-state index contributed by atoms with van der Waals surface area (Å²) >= 11 is 5.53. The zero-order valence-corrected chi connectivity index (χ0v) is 12.3. The second-order valence-electron chi connectivity index (χ2n) is 3.04. The number of nitrogens with two attached hydrogens (primary N) is 1. The number of carbonyl (C=O) groups excluding carboxylic acids is 1. The molecule has 0 fully saturated rings. The first-order chi connectivity index (χ1) is 7.65. The van der Waals surface area contributed by atoms with E-state index in [4.69, 9.17) is 5.73 Å². The molecule has 3 nitrogen and oxygen atoms in total. The number of amides is 1. The summed E-state index contributed by atoms with van der Waals surface area (Å²) in [5.41, 5.74) is 5.94. The van der Waals surface area contributed by atoms with Crippen LogP contribution >= 0.6 is 38.5 Å². The van der Waals surface area contributed by atoms with Crippen LogP contribution in [-0.2, 0) is 0 Å². The van der Waals surface area contributed by atoms with Gasteiger partial charge >= 0.3 is 0 Å². The summed E-state index contributed by atoms with van der Waals surface area (Å²) in [4.78, 5) is 11.8. The molecule has 0 aliphatic heterocycles. The van der Waals surface area contributed by atoms with Crippen molar-refractivity contribution in [3.05, 3.63) is 44.0 Å². The Balaban J connectivity index is 2.65. The Morgan fingerprint density at radius 2 is 2.25 bits per heavy atom. The maximum atomic E-state index is 11.8. The topological polar surface area (TPSA) is 55.1 Å². The van der Waals surface area contributed by atoms with Crippen LogP contribution in [0.3, 0.4) is 0 Å². The number of hydrogen-bond donors (Lipinski definition) is 2. The van der Waals surface area contributed by atoms with Crippen molar-refractivity contribution in [2.45, 2.75) is 0 Å². The molecule has 86 valence electrons. The minimum atomic E-state index is -0.0907. The van der Waals surface area contributed by atoms with E-state index in [9.17, 15) is 4.79 Å². The quantitative estimate of drug-likeness (QED) is 0.608. The van der Waals surface area contributed by atoms with Gasteiger partial charge in [0.2, 0.25) is 0 Å². The van der Waals surface area contributed by atoms with Crippen LogP contribution in [0.25, 0.3) is 0 Å². The normalized spacial score (nSPS) is 10.7. The van der Waals surface area contributed by atoms with Crippen LogP contribution in [0.2, 0.25) is 0 Å². The molecule has 1 aromatic carbocycles. The minimum Gasteiger partial charge on any atom is -0.349 e. The highest BCUT2D eigenvalue weighted by Crippen LogP contribution is 2.19. The Kier molecular flexibility index (Phi) is 6.00. The predicted molar refractivity (Wildman–Crippen MR) is 77.4 cm³/mol. The molecule has 0 bridgehead atoms. The van der Waals surface area contributed by atoms with E-state index >= 15 is 0 Å². The zero-order chi connectivity index (χ0) is 12.0. The van der Waals surface area contributed by atoms with Gasteiger partial charge in [-0.15, -0.1) is 0 Å². The first kappa shape index (κ1) is 13.7. The molecule has 16 heavy (non-hydrogen) atoms. The Hall–Kier alpha value is -0.400. The average Bonchev–Trinajstić information content (AvgIpc) is 2.27. The molecule has 1 rings (SSSR count). The molecule has 0 aliphatic rings. The van der Waals surface area contributed by atoms with Gasteiger partial charge in [-0.3, -0.25) is 4.79 Å². The van der Waals surface area contributed by atoms with Gasteiger partial charge in [-0.05, 0) is 56.7 Å². The standard InChI is InChI=1S/C11H12BrIN2O/c12-10-4-3-8(13)7-9(10)11(16)15-6-2-1-5-14/h1-4,7H,5-6,14H2,(H,15,16)/b2-1+. The summed E-state index contributed by atoms with van der Waals surface area (Å²) in [5, 5.41) is 2.79. The molecule has 0 saturated carbocycles. The van der Waals surface area contributed by atoms with Crippen LogP contribution in [0.15, 0.2) is 34.8 Å². The number of rotatable bonds is 4. The van der Waals surface area contributed by atoms with E-state index in [1.54, 1.807) is 0 Å². The molecule has 0 saturated heterocycles. The van der Waals surface area contributed by atoms with Crippen LogP contribution in [-0.4, -0.2) is 19.0 Å². The van der Waals surface area contributed by atoms with E-state index < -0.39 is 0 Å². The van der Waals surface area contributed by atoms with Gasteiger partial charge in [-0.2, -0.15) is 0 Å². The van der Waals surface area contributed by atoms with Crippen molar-refractivity contribution in [1.29, 1.82) is 0 Å². The third-order valence-electron chi connectivity index (χ3n) is 1.86. The number of benzene rings is 1. The van der Waals surface area contributed by atoms with Crippen molar-refractivity contribution in [3.63, 3.8) is 0 Å². The second-order valence-corrected chi connectivity index (χ2v) is 5.14. The van der Waals surface area contributed by atoms with Crippen LogP contribution < -0.4 is 11.1 Å². The number of hydrogen-bond acceptors (Lipinski definition) is 2. The summed E-state index contributed by atoms with van der Waals surface area (Å²) in [6.45, 7) is 0.983. The fraction of sp³-hybridized carbons (Fsp3) is 0.182. The highest BCUT2D eigenvalue weighted by molar-refractivity contribution is 14.1. The average molecular weight is 395 g/mol. The molecule has 0 atom stereocenters. The third kappa shape index (κ3) is 4.23. The lowest BCUT2D eigenvalue weighted by atomic mass is 10.2. The number of nitrogens with one attached hydrogen (secondary N) is 1. The predicted octanol–water partition coefficient (Wildman–Crippen LogP) is 2.30. The molecule has 3 N–H and O–H groups in total. The van der Waals surface area contributed by atoms with E-state index in [0.717, 1.165) is 8.04 Å². The Bertz CT molecular complexity index is 407. The smallest absolute Gasteiger partial charge is 0.252 e. The second kappa shape index (κ2) is 7.03. The molecule has 0 aromatic heterocycles. The lowest BCUT2D eigenvalue weighted by molar-refractivity contribution is 0.0957. The van der Waals surface area contributed by atoms with Crippen molar-refractivity contribution in [2.75, 3.05) is 13.1 Å². The van der Waals surface area contributed by atoms with Crippen LogP contribution in [0.4, 0.5) is 0 Å². The fourth-order valence-electron chi connectivity index (χ4n) is 1.10. The van der Waals surface area contributed by atoms with Gasteiger partial charge in [0.05, 0.1) is 5.56 Å². The van der Waals surface area contributed by atoms with Gasteiger partial charge in [-0.1, -0.05) is 12.2 Å². The van der Waals surface area contributed by atoms with Gasteiger partial charge in [0.25, 0.3) is 5.91 Å². The molecule has 0 unspecified atom stereocenters. The fourth-order valence-corrected chi connectivity index (χ4v) is 2.02. The molecule has 1 amide bonds. The first-order valence-electron chi connectivity index (χ1n) is 4.73. The minimum absolute atomic E-state index is 0.0907. The van der Waals surface area contributed by atoms with E-state index in [1.165, 1.54) is 0 Å². The monoisotopic (exact) mass is 394 g/mol. The SMILES string of the molecule is NC/C=C/CNC(=O)c1cc(I)ccc1Br. The zero-order valence-electron chi connectivity index (χ0n) is 8.54. The summed E-state index contributed by atoms with van der Waals surface area (Å²) in [7, 11) is 0. The number of carbonyl (C=O) groups is 1. The van der Waals surface area contributed by atoms with Gasteiger partial charge in [0.1, 0.15) is 0 Å². The van der Waals surface area contributed by atoms with Crippen LogP contribution in [0, 0.1) is 3.57 Å². The van der Waals surface area contributed by atoms with Crippen molar-refractivity contribution < 1.29 is 4.79 Å². The maximum Gasteiger partial charge on any atom is 0.252 e. The molecule has 0 spiro atoms.